The number of rotatable bonds is 3. The first-order valence-corrected chi connectivity index (χ1v) is 5.75. The molecule has 1 aromatic heterocycles. The first kappa shape index (κ1) is 12.9. The largest absolute Gasteiger partial charge is 0.322 e. The number of halogens is 3. The van der Waals surface area contributed by atoms with E-state index >= 15 is 0 Å². The van der Waals surface area contributed by atoms with Crippen LogP contribution in [0.3, 0.4) is 0 Å². The summed E-state index contributed by atoms with van der Waals surface area (Å²) in [5.74, 6) is -0.789. The van der Waals surface area contributed by atoms with Crippen LogP contribution < -0.4 is 5.73 Å². The van der Waals surface area contributed by atoms with Gasteiger partial charge in [0.05, 0.1) is 17.9 Å². The Balaban J connectivity index is 2.18. The maximum Gasteiger partial charge on any atom is 0.141 e. The SMILES string of the molecule is NC(Cc1cc(F)ccc1Cl)c1ccc(F)cn1. The summed E-state index contributed by atoms with van der Waals surface area (Å²) in [5, 5.41) is 0.453. The number of hydrogen-bond donors (Lipinski definition) is 1. The predicted octanol–water partition coefficient (Wildman–Crippen LogP) is 3.26. The third-order valence-electron chi connectivity index (χ3n) is 2.58. The van der Waals surface area contributed by atoms with Crippen molar-refractivity contribution in [2.45, 2.75) is 12.5 Å². The molecule has 1 unspecified atom stereocenters. The van der Waals surface area contributed by atoms with E-state index in [1.165, 1.54) is 30.3 Å². The van der Waals surface area contributed by atoms with Gasteiger partial charge in [-0.3, -0.25) is 4.98 Å². The second-order valence-corrected chi connectivity index (χ2v) is 4.35. The minimum Gasteiger partial charge on any atom is -0.322 e. The van der Waals surface area contributed by atoms with E-state index in [2.05, 4.69) is 4.98 Å². The molecule has 0 saturated carbocycles. The lowest BCUT2D eigenvalue weighted by Gasteiger charge is -2.12. The molecule has 2 aromatic rings. The number of pyridine rings is 1. The van der Waals surface area contributed by atoms with E-state index < -0.39 is 11.9 Å². The van der Waals surface area contributed by atoms with Gasteiger partial charge in [-0.25, -0.2) is 8.78 Å². The second kappa shape index (κ2) is 5.42. The highest BCUT2D eigenvalue weighted by molar-refractivity contribution is 6.31. The standard InChI is InChI=1S/C13H11ClF2N2/c14-11-3-1-9(15)5-8(11)6-12(17)13-4-2-10(16)7-18-13/h1-5,7,12H,6,17H2. The molecule has 0 aliphatic heterocycles. The van der Waals surface area contributed by atoms with E-state index in [1.807, 2.05) is 0 Å². The van der Waals surface area contributed by atoms with E-state index in [-0.39, 0.29) is 5.82 Å². The van der Waals surface area contributed by atoms with Gasteiger partial charge in [0.2, 0.25) is 0 Å². The summed E-state index contributed by atoms with van der Waals surface area (Å²) in [6.07, 6.45) is 1.44. The zero-order valence-corrected chi connectivity index (χ0v) is 10.2. The zero-order chi connectivity index (χ0) is 13.1. The zero-order valence-electron chi connectivity index (χ0n) is 9.41. The van der Waals surface area contributed by atoms with E-state index in [4.69, 9.17) is 17.3 Å². The minimum absolute atomic E-state index is 0.342. The Bertz CT molecular complexity index is 543. The fraction of sp³-hybridized carbons (Fsp3) is 0.154. The lowest BCUT2D eigenvalue weighted by molar-refractivity contribution is 0.609. The molecular weight excluding hydrogens is 258 g/mol. The molecular formula is C13H11ClF2N2. The van der Waals surface area contributed by atoms with Gasteiger partial charge in [-0.05, 0) is 42.3 Å². The first-order chi connectivity index (χ1) is 8.56. The van der Waals surface area contributed by atoms with Crippen LogP contribution >= 0.6 is 11.6 Å². The van der Waals surface area contributed by atoms with Crippen molar-refractivity contribution in [3.8, 4) is 0 Å². The van der Waals surface area contributed by atoms with Crippen molar-refractivity contribution in [2.75, 3.05) is 0 Å². The third kappa shape index (κ3) is 3.03. The average Bonchev–Trinajstić information content (AvgIpc) is 2.34. The van der Waals surface area contributed by atoms with Gasteiger partial charge in [-0.2, -0.15) is 0 Å². The lowest BCUT2D eigenvalue weighted by Crippen LogP contribution is -2.15. The first-order valence-electron chi connectivity index (χ1n) is 5.37. The molecule has 0 fully saturated rings. The molecule has 1 atom stereocenters. The van der Waals surface area contributed by atoms with Crippen molar-refractivity contribution < 1.29 is 8.78 Å². The van der Waals surface area contributed by atoms with Crippen LogP contribution in [0.5, 0.6) is 0 Å². The predicted molar refractivity (Wildman–Crippen MR) is 66.2 cm³/mol. The summed E-state index contributed by atoms with van der Waals surface area (Å²) in [5.41, 5.74) is 7.08. The number of hydrogen-bond acceptors (Lipinski definition) is 2. The van der Waals surface area contributed by atoms with E-state index in [9.17, 15) is 8.78 Å². The molecule has 0 aliphatic carbocycles. The summed E-state index contributed by atoms with van der Waals surface area (Å²) < 4.78 is 25.8. The summed E-state index contributed by atoms with van der Waals surface area (Å²) in [7, 11) is 0. The van der Waals surface area contributed by atoms with E-state index in [0.29, 0.717) is 22.7 Å². The molecule has 5 heteroatoms. The van der Waals surface area contributed by atoms with Gasteiger partial charge in [0, 0.05) is 5.02 Å². The molecule has 1 aromatic carbocycles. The topological polar surface area (TPSA) is 38.9 Å². The van der Waals surface area contributed by atoms with Crippen LogP contribution in [-0.4, -0.2) is 4.98 Å². The fourth-order valence-electron chi connectivity index (χ4n) is 1.65. The third-order valence-corrected chi connectivity index (χ3v) is 2.95. The van der Waals surface area contributed by atoms with Crippen LogP contribution in [0.2, 0.25) is 5.02 Å². The van der Waals surface area contributed by atoms with Crippen LogP contribution in [0.1, 0.15) is 17.3 Å². The highest BCUT2D eigenvalue weighted by Crippen LogP contribution is 2.22. The van der Waals surface area contributed by atoms with Crippen molar-refractivity contribution >= 4 is 11.6 Å². The molecule has 0 aliphatic rings. The number of benzene rings is 1. The molecule has 0 saturated heterocycles. The molecule has 1 heterocycles. The van der Waals surface area contributed by atoms with Gasteiger partial charge in [0.25, 0.3) is 0 Å². The van der Waals surface area contributed by atoms with Gasteiger partial charge in [-0.15, -0.1) is 0 Å². The number of nitrogens with two attached hydrogens (primary N) is 1. The summed E-state index contributed by atoms with van der Waals surface area (Å²) in [6, 6.07) is 6.45. The Morgan fingerprint density at radius 3 is 2.56 bits per heavy atom. The van der Waals surface area contributed by atoms with Gasteiger partial charge in [0.1, 0.15) is 11.6 Å². The Labute approximate surface area is 108 Å². The molecule has 2 nitrogen and oxygen atoms in total. The van der Waals surface area contributed by atoms with Crippen LogP contribution in [0.4, 0.5) is 8.78 Å². The Morgan fingerprint density at radius 1 is 1.17 bits per heavy atom. The second-order valence-electron chi connectivity index (χ2n) is 3.95. The number of nitrogens with zero attached hydrogens (tertiary/aromatic N) is 1. The smallest absolute Gasteiger partial charge is 0.141 e. The summed E-state index contributed by atoms with van der Waals surface area (Å²) >= 11 is 5.95. The van der Waals surface area contributed by atoms with Crippen molar-refractivity contribution in [2.24, 2.45) is 5.73 Å². The average molecular weight is 269 g/mol. The Morgan fingerprint density at radius 2 is 1.89 bits per heavy atom. The van der Waals surface area contributed by atoms with Gasteiger partial charge in [-0.1, -0.05) is 11.6 Å². The summed E-state index contributed by atoms with van der Waals surface area (Å²) in [4.78, 5) is 3.89. The van der Waals surface area contributed by atoms with E-state index in [0.717, 1.165) is 6.20 Å². The van der Waals surface area contributed by atoms with Crippen LogP contribution in [0.25, 0.3) is 0 Å². The van der Waals surface area contributed by atoms with Crippen LogP contribution in [-0.2, 0) is 6.42 Å². The van der Waals surface area contributed by atoms with E-state index in [1.54, 1.807) is 0 Å². The Kier molecular flexibility index (Phi) is 3.89. The molecule has 0 bridgehead atoms. The molecule has 0 spiro atoms. The maximum absolute atomic E-state index is 13.1. The van der Waals surface area contributed by atoms with Gasteiger partial charge >= 0.3 is 0 Å². The van der Waals surface area contributed by atoms with Crippen LogP contribution in [0.15, 0.2) is 36.5 Å². The minimum atomic E-state index is -0.454. The molecule has 18 heavy (non-hydrogen) atoms. The maximum atomic E-state index is 13.1. The quantitative estimate of drug-likeness (QED) is 0.928. The van der Waals surface area contributed by atoms with Crippen LogP contribution in [0, 0.1) is 11.6 Å². The fourth-order valence-corrected chi connectivity index (χ4v) is 1.84. The molecule has 0 radical (unpaired) electrons. The number of aromatic nitrogens is 1. The normalized spacial score (nSPS) is 12.4. The monoisotopic (exact) mass is 268 g/mol. The van der Waals surface area contributed by atoms with Crippen molar-refractivity contribution in [3.63, 3.8) is 0 Å². The van der Waals surface area contributed by atoms with Gasteiger partial charge < -0.3 is 5.73 Å². The summed E-state index contributed by atoms with van der Waals surface area (Å²) in [6.45, 7) is 0. The highest BCUT2D eigenvalue weighted by atomic mass is 35.5. The van der Waals surface area contributed by atoms with Crippen molar-refractivity contribution in [1.82, 2.24) is 4.98 Å². The highest BCUT2D eigenvalue weighted by Gasteiger charge is 2.11. The molecule has 2 rings (SSSR count). The lowest BCUT2D eigenvalue weighted by atomic mass is 10.0. The molecule has 0 amide bonds. The van der Waals surface area contributed by atoms with Crippen molar-refractivity contribution in [1.29, 1.82) is 0 Å². The van der Waals surface area contributed by atoms with Crippen molar-refractivity contribution in [3.05, 3.63) is 64.4 Å². The van der Waals surface area contributed by atoms with Gasteiger partial charge in [0.15, 0.2) is 0 Å². The molecule has 94 valence electrons. The molecule has 2 N–H and O–H groups in total. The Hall–Kier alpha value is -1.52.